The maximum atomic E-state index is 14.2. The SMILES string of the molecule is CCOC(=O)C1=C(C)N=c2s/c(=C/c3ccc(OCc4ccc(Cl)cc4Cl)c(OCC)c3)c(=O)n2[C@@H]1c1cccc2ccccc12. The normalized spacial score (nSPS) is 14.6. The van der Waals surface area contributed by atoms with Crippen LogP contribution in [0.3, 0.4) is 0 Å². The first-order valence-electron chi connectivity index (χ1n) is 14.8. The smallest absolute Gasteiger partial charge is 0.338 e. The Morgan fingerprint density at radius 1 is 0.957 bits per heavy atom. The molecular formula is C36H30Cl2N2O5S. The van der Waals surface area contributed by atoms with E-state index in [2.05, 4.69) is 0 Å². The summed E-state index contributed by atoms with van der Waals surface area (Å²) in [5.74, 6) is 0.577. The Hall–Kier alpha value is -4.37. The lowest BCUT2D eigenvalue weighted by Crippen LogP contribution is -2.40. The van der Waals surface area contributed by atoms with Crippen LogP contribution in [0.2, 0.25) is 10.0 Å². The third-order valence-corrected chi connectivity index (χ3v) is 9.17. The highest BCUT2D eigenvalue weighted by molar-refractivity contribution is 7.07. The molecule has 1 atom stereocenters. The lowest BCUT2D eigenvalue weighted by atomic mass is 9.91. The molecule has 4 aromatic carbocycles. The van der Waals surface area contributed by atoms with Crippen molar-refractivity contribution >= 4 is 57.4 Å². The second-order valence-corrected chi connectivity index (χ2v) is 12.4. The van der Waals surface area contributed by atoms with Crippen molar-refractivity contribution in [3.8, 4) is 11.5 Å². The molecule has 6 rings (SSSR count). The molecule has 1 aromatic heterocycles. The fraction of sp³-hybridized carbons (Fsp3) is 0.194. The molecule has 1 aliphatic rings. The number of halogens is 2. The summed E-state index contributed by atoms with van der Waals surface area (Å²) in [6.07, 6.45) is 1.80. The zero-order valence-corrected chi connectivity index (χ0v) is 27.7. The van der Waals surface area contributed by atoms with Crippen molar-refractivity contribution in [2.45, 2.75) is 33.4 Å². The van der Waals surface area contributed by atoms with E-state index in [1.165, 1.54) is 11.3 Å². The topological polar surface area (TPSA) is 79.1 Å². The molecule has 7 nitrogen and oxygen atoms in total. The van der Waals surface area contributed by atoms with Crippen LogP contribution in [-0.4, -0.2) is 23.8 Å². The number of allylic oxidation sites excluding steroid dienone is 1. The van der Waals surface area contributed by atoms with Gasteiger partial charge in [0.05, 0.1) is 35.1 Å². The highest BCUT2D eigenvalue weighted by atomic mass is 35.5. The predicted molar refractivity (Wildman–Crippen MR) is 183 cm³/mol. The van der Waals surface area contributed by atoms with Gasteiger partial charge in [0, 0.05) is 15.6 Å². The molecule has 0 N–H and O–H groups in total. The first-order chi connectivity index (χ1) is 22.3. The Morgan fingerprint density at radius 2 is 1.76 bits per heavy atom. The van der Waals surface area contributed by atoms with Gasteiger partial charge in [-0.1, -0.05) is 89.1 Å². The molecule has 0 amide bonds. The van der Waals surface area contributed by atoms with Gasteiger partial charge >= 0.3 is 5.97 Å². The van der Waals surface area contributed by atoms with Crippen LogP contribution in [0.4, 0.5) is 0 Å². The lowest BCUT2D eigenvalue weighted by molar-refractivity contribution is -0.139. The number of fused-ring (bicyclic) bond motifs is 2. The van der Waals surface area contributed by atoms with Crippen LogP contribution in [0, 0.1) is 0 Å². The van der Waals surface area contributed by atoms with Gasteiger partial charge in [-0.25, -0.2) is 9.79 Å². The Morgan fingerprint density at radius 3 is 2.54 bits per heavy atom. The molecule has 1 aliphatic heterocycles. The number of carbonyl (C=O) groups is 1. The molecule has 0 radical (unpaired) electrons. The van der Waals surface area contributed by atoms with E-state index in [9.17, 15) is 9.59 Å². The van der Waals surface area contributed by atoms with E-state index in [0.29, 0.717) is 48.8 Å². The van der Waals surface area contributed by atoms with Crippen LogP contribution in [0.15, 0.2) is 99.9 Å². The van der Waals surface area contributed by atoms with Gasteiger partial charge in [0.1, 0.15) is 6.61 Å². The Bertz CT molecular complexity index is 2180. The molecule has 0 saturated carbocycles. The minimum absolute atomic E-state index is 0.205. The van der Waals surface area contributed by atoms with Crippen molar-refractivity contribution in [3.63, 3.8) is 0 Å². The van der Waals surface area contributed by atoms with Crippen LogP contribution in [0.5, 0.6) is 11.5 Å². The van der Waals surface area contributed by atoms with Crippen LogP contribution >= 0.6 is 34.5 Å². The number of nitrogens with zero attached hydrogens (tertiary/aromatic N) is 2. The predicted octanol–water partition coefficient (Wildman–Crippen LogP) is 7.24. The number of thiazole rings is 1. The first kappa shape index (κ1) is 31.6. The van der Waals surface area contributed by atoms with E-state index < -0.39 is 12.0 Å². The van der Waals surface area contributed by atoms with Gasteiger partial charge in [-0.05, 0) is 73.0 Å². The molecule has 0 aliphatic carbocycles. The average molecular weight is 674 g/mol. The van der Waals surface area contributed by atoms with E-state index in [1.807, 2.05) is 67.6 Å². The Balaban J connectivity index is 1.43. The third-order valence-electron chi connectivity index (χ3n) is 7.60. The van der Waals surface area contributed by atoms with Gasteiger partial charge in [-0.15, -0.1) is 0 Å². The van der Waals surface area contributed by atoms with E-state index in [4.69, 9.17) is 42.4 Å². The molecule has 0 bridgehead atoms. The summed E-state index contributed by atoms with van der Waals surface area (Å²) in [5, 5.41) is 3.01. The number of aromatic nitrogens is 1. The fourth-order valence-corrected chi connectivity index (χ4v) is 7.03. The number of ether oxygens (including phenoxy) is 3. The van der Waals surface area contributed by atoms with E-state index >= 15 is 0 Å². The molecule has 0 spiro atoms. The van der Waals surface area contributed by atoms with Gasteiger partial charge < -0.3 is 14.2 Å². The zero-order valence-electron chi connectivity index (χ0n) is 25.4. The van der Waals surface area contributed by atoms with Gasteiger partial charge in [-0.2, -0.15) is 0 Å². The largest absolute Gasteiger partial charge is 0.490 e. The zero-order chi connectivity index (χ0) is 32.4. The van der Waals surface area contributed by atoms with Crippen LogP contribution < -0.4 is 24.4 Å². The average Bonchev–Trinajstić information content (AvgIpc) is 3.34. The standard InChI is InChI=1S/C36H30Cl2N2O5S/c1-4-43-30-17-22(13-16-29(30)45-20-24-14-15-25(37)19-28(24)38)18-31-34(41)40-33(27-12-8-10-23-9-6-7-11-26(23)27)32(35(42)44-5-2)21(3)39-36(40)46-31/h6-19,33H,4-5,20H2,1-3H3/b31-18+/t33-/m1/s1. The molecule has 2 heterocycles. The number of carbonyl (C=O) groups excluding carboxylic acids is 1. The van der Waals surface area contributed by atoms with Crippen LogP contribution in [0.25, 0.3) is 16.8 Å². The van der Waals surface area contributed by atoms with Gasteiger partial charge in [0.25, 0.3) is 5.56 Å². The minimum Gasteiger partial charge on any atom is -0.490 e. The van der Waals surface area contributed by atoms with Gasteiger partial charge in [0.2, 0.25) is 0 Å². The number of esters is 1. The fourth-order valence-electron chi connectivity index (χ4n) is 5.52. The number of benzene rings is 4. The highest BCUT2D eigenvalue weighted by Gasteiger charge is 2.34. The monoisotopic (exact) mass is 672 g/mol. The number of rotatable bonds is 9. The molecule has 46 heavy (non-hydrogen) atoms. The van der Waals surface area contributed by atoms with E-state index in [-0.39, 0.29) is 18.8 Å². The molecule has 5 aromatic rings. The van der Waals surface area contributed by atoms with Crippen molar-refractivity contribution in [2.24, 2.45) is 4.99 Å². The molecule has 0 fully saturated rings. The maximum Gasteiger partial charge on any atom is 0.338 e. The van der Waals surface area contributed by atoms with Gasteiger partial charge in [-0.3, -0.25) is 9.36 Å². The van der Waals surface area contributed by atoms with Crippen LogP contribution in [-0.2, 0) is 16.1 Å². The Kier molecular flexibility index (Phi) is 9.31. The number of hydrogen-bond acceptors (Lipinski definition) is 7. The van der Waals surface area contributed by atoms with Crippen molar-refractivity contribution in [2.75, 3.05) is 13.2 Å². The summed E-state index contributed by atoms with van der Waals surface area (Å²) in [7, 11) is 0. The van der Waals surface area contributed by atoms with Gasteiger partial charge in [0.15, 0.2) is 16.3 Å². The molecule has 10 heteroatoms. The first-order valence-corrected chi connectivity index (χ1v) is 16.4. The second-order valence-electron chi connectivity index (χ2n) is 10.5. The summed E-state index contributed by atoms with van der Waals surface area (Å²) in [6, 6.07) is 23.9. The summed E-state index contributed by atoms with van der Waals surface area (Å²) in [4.78, 5) is 32.8. The van der Waals surface area contributed by atoms with Crippen molar-refractivity contribution in [1.82, 2.24) is 4.57 Å². The van der Waals surface area contributed by atoms with E-state index in [0.717, 1.165) is 27.5 Å². The lowest BCUT2D eigenvalue weighted by Gasteiger charge is -2.25. The van der Waals surface area contributed by atoms with Crippen molar-refractivity contribution in [1.29, 1.82) is 0 Å². The summed E-state index contributed by atoms with van der Waals surface area (Å²) in [5.41, 5.74) is 2.96. The summed E-state index contributed by atoms with van der Waals surface area (Å²) < 4.78 is 19.5. The minimum atomic E-state index is -0.710. The maximum absolute atomic E-state index is 14.2. The quantitative estimate of drug-likeness (QED) is 0.154. The third kappa shape index (κ3) is 6.20. The van der Waals surface area contributed by atoms with Crippen molar-refractivity contribution in [3.05, 3.63) is 137 Å². The molecule has 0 saturated heterocycles. The molecular weight excluding hydrogens is 643 g/mol. The Labute approximate surface area is 279 Å². The summed E-state index contributed by atoms with van der Waals surface area (Å²) >= 11 is 13.6. The van der Waals surface area contributed by atoms with Crippen molar-refractivity contribution < 1.29 is 19.0 Å². The molecule has 0 unspecified atom stereocenters. The molecule has 234 valence electrons. The van der Waals surface area contributed by atoms with Crippen LogP contribution in [0.1, 0.15) is 43.5 Å². The van der Waals surface area contributed by atoms with E-state index in [1.54, 1.807) is 42.7 Å². The summed E-state index contributed by atoms with van der Waals surface area (Å²) in [6.45, 7) is 6.29. The highest BCUT2D eigenvalue weighted by Crippen LogP contribution is 2.35. The second kappa shape index (κ2) is 13.5. The number of hydrogen-bond donors (Lipinski definition) is 0.